The smallest absolute Gasteiger partial charge is 0.265 e. The molecule has 0 aromatic heterocycles. The molecule has 0 bridgehead atoms. The molecule has 0 aliphatic rings. The number of anilines is 1. The molecule has 0 saturated heterocycles. The first-order valence-electron chi connectivity index (χ1n) is 6.89. The zero-order valence-corrected chi connectivity index (χ0v) is 14.5. The monoisotopic (exact) mass is 371 g/mol. The van der Waals surface area contributed by atoms with Gasteiger partial charge in [-0.2, -0.15) is 0 Å². The van der Waals surface area contributed by atoms with E-state index in [0.717, 1.165) is 24.5 Å². The molecule has 0 heterocycles. The zero-order valence-electron chi connectivity index (χ0n) is 12.9. The van der Waals surface area contributed by atoms with Crippen molar-refractivity contribution in [2.45, 2.75) is 17.9 Å². The molecule has 0 aliphatic heterocycles. The summed E-state index contributed by atoms with van der Waals surface area (Å²) in [6.07, 6.45) is 0.0745. The lowest BCUT2D eigenvalue weighted by molar-refractivity contribution is -0.122. The highest BCUT2D eigenvalue weighted by molar-refractivity contribution is 7.90. The van der Waals surface area contributed by atoms with Crippen LogP contribution in [0.1, 0.15) is 6.92 Å². The Morgan fingerprint density at radius 1 is 1.21 bits per heavy atom. The van der Waals surface area contributed by atoms with E-state index in [1.54, 1.807) is 24.3 Å². The first-order chi connectivity index (χ1) is 11.2. The number of sulfone groups is 1. The molecular weight excluding hydrogens is 357 g/mol. The van der Waals surface area contributed by atoms with E-state index in [2.05, 4.69) is 5.32 Å². The van der Waals surface area contributed by atoms with Crippen molar-refractivity contribution < 1.29 is 22.3 Å². The second-order valence-electron chi connectivity index (χ2n) is 5.12. The first-order valence-corrected chi connectivity index (χ1v) is 9.16. The summed E-state index contributed by atoms with van der Waals surface area (Å²) in [4.78, 5) is 12.0. The fourth-order valence-corrected chi connectivity index (χ4v) is 2.61. The van der Waals surface area contributed by atoms with Gasteiger partial charge in [-0.25, -0.2) is 12.8 Å². The molecule has 2 aromatic rings. The van der Waals surface area contributed by atoms with Gasteiger partial charge in [0.15, 0.2) is 15.9 Å². The van der Waals surface area contributed by atoms with Crippen molar-refractivity contribution in [2.75, 3.05) is 11.6 Å². The molecule has 8 heteroatoms. The van der Waals surface area contributed by atoms with Crippen LogP contribution in [0.2, 0.25) is 5.02 Å². The Bertz CT molecular complexity index is 853. The normalized spacial score (nSPS) is 12.5. The van der Waals surface area contributed by atoms with Crippen LogP contribution in [-0.2, 0) is 14.6 Å². The lowest BCUT2D eigenvalue weighted by atomic mass is 10.2. The minimum Gasteiger partial charge on any atom is -0.481 e. The molecule has 0 fully saturated rings. The number of nitrogens with one attached hydrogen (secondary N) is 1. The van der Waals surface area contributed by atoms with Gasteiger partial charge in [-0.3, -0.25) is 4.79 Å². The van der Waals surface area contributed by atoms with Gasteiger partial charge in [0, 0.05) is 11.3 Å². The summed E-state index contributed by atoms with van der Waals surface area (Å²) < 4.78 is 42.2. The van der Waals surface area contributed by atoms with Crippen molar-refractivity contribution in [3.05, 3.63) is 53.3 Å². The zero-order chi connectivity index (χ0) is 17.9. The van der Waals surface area contributed by atoms with Gasteiger partial charge in [0.1, 0.15) is 11.6 Å². The van der Waals surface area contributed by atoms with Crippen LogP contribution >= 0.6 is 11.6 Å². The van der Waals surface area contributed by atoms with E-state index in [-0.39, 0.29) is 10.6 Å². The Morgan fingerprint density at radius 2 is 1.83 bits per heavy atom. The van der Waals surface area contributed by atoms with Crippen LogP contribution in [0.15, 0.2) is 47.4 Å². The average molecular weight is 372 g/mol. The molecule has 0 spiro atoms. The number of ether oxygens (including phenoxy) is 1. The minimum absolute atomic E-state index is 0.0922. The molecule has 0 radical (unpaired) electrons. The molecule has 1 atom stereocenters. The minimum atomic E-state index is -3.51. The largest absolute Gasteiger partial charge is 0.481 e. The molecular formula is C16H15ClFNO4S. The quantitative estimate of drug-likeness (QED) is 0.818. The van der Waals surface area contributed by atoms with Crippen LogP contribution in [0.5, 0.6) is 5.75 Å². The number of benzene rings is 2. The van der Waals surface area contributed by atoms with Gasteiger partial charge in [-0.15, -0.1) is 0 Å². The average Bonchev–Trinajstić information content (AvgIpc) is 2.50. The van der Waals surface area contributed by atoms with Crippen LogP contribution in [-0.4, -0.2) is 26.7 Å². The van der Waals surface area contributed by atoms with E-state index < -0.39 is 27.7 Å². The fraction of sp³-hybridized carbons (Fsp3) is 0.188. The Hall–Kier alpha value is -2.12. The van der Waals surface area contributed by atoms with Gasteiger partial charge in [0.25, 0.3) is 5.91 Å². The Balaban J connectivity index is 2.12. The molecule has 0 saturated carbocycles. The number of amides is 1. The third-order valence-electron chi connectivity index (χ3n) is 3.12. The van der Waals surface area contributed by atoms with Gasteiger partial charge in [0.05, 0.1) is 10.6 Å². The molecule has 0 aliphatic carbocycles. The van der Waals surface area contributed by atoms with Crippen LogP contribution < -0.4 is 10.1 Å². The molecule has 5 nitrogen and oxygen atoms in total. The third kappa shape index (κ3) is 4.69. The van der Waals surface area contributed by atoms with E-state index >= 15 is 0 Å². The first kappa shape index (κ1) is 18.2. The van der Waals surface area contributed by atoms with E-state index in [1.807, 2.05) is 0 Å². The van der Waals surface area contributed by atoms with E-state index in [4.69, 9.17) is 16.3 Å². The van der Waals surface area contributed by atoms with Crippen molar-refractivity contribution in [2.24, 2.45) is 0 Å². The second kappa shape index (κ2) is 7.19. The third-order valence-corrected chi connectivity index (χ3v) is 4.48. The van der Waals surface area contributed by atoms with Crippen LogP contribution in [0, 0.1) is 5.82 Å². The van der Waals surface area contributed by atoms with Crippen molar-refractivity contribution in [3.63, 3.8) is 0 Å². The van der Waals surface area contributed by atoms with Crippen LogP contribution in [0.4, 0.5) is 10.1 Å². The van der Waals surface area contributed by atoms with Gasteiger partial charge >= 0.3 is 0 Å². The maximum absolute atomic E-state index is 13.8. The Labute approximate surface area is 144 Å². The maximum atomic E-state index is 13.8. The van der Waals surface area contributed by atoms with E-state index in [0.29, 0.717) is 10.8 Å². The van der Waals surface area contributed by atoms with Crippen molar-refractivity contribution in [3.8, 4) is 5.75 Å². The summed E-state index contributed by atoms with van der Waals surface area (Å²) in [5.74, 6) is -0.934. The number of hydrogen-bond acceptors (Lipinski definition) is 4. The predicted molar refractivity (Wildman–Crippen MR) is 89.7 cm³/mol. The van der Waals surface area contributed by atoms with Crippen molar-refractivity contribution in [1.29, 1.82) is 0 Å². The molecule has 1 amide bonds. The highest BCUT2D eigenvalue weighted by Gasteiger charge is 2.18. The topological polar surface area (TPSA) is 72.5 Å². The molecule has 128 valence electrons. The highest BCUT2D eigenvalue weighted by atomic mass is 35.5. The summed E-state index contributed by atoms with van der Waals surface area (Å²) in [5.41, 5.74) is -0.227. The van der Waals surface area contributed by atoms with Crippen molar-refractivity contribution >= 4 is 33.0 Å². The van der Waals surface area contributed by atoms with Crippen LogP contribution in [0.25, 0.3) is 0 Å². The number of rotatable bonds is 5. The number of hydrogen-bond donors (Lipinski definition) is 1. The van der Waals surface area contributed by atoms with E-state index in [9.17, 15) is 17.6 Å². The second-order valence-corrected chi connectivity index (χ2v) is 7.57. The summed E-state index contributed by atoms with van der Waals surface area (Å²) >= 11 is 5.76. The number of carbonyl (C=O) groups excluding carboxylic acids is 1. The summed E-state index contributed by atoms with van der Waals surface area (Å²) in [6.45, 7) is 1.49. The van der Waals surface area contributed by atoms with Gasteiger partial charge in [-0.1, -0.05) is 11.6 Å². The molecule has 2 aromatic carbocycles. The maximum Gasteiger partial charge on any atom is 0.265 e. The predicted octanol–water partition coefficient (Wildman–Crippen LogP) is 3.29. The van der Waals surface area contributed by atoms with Gasteiger partial charge in [0.2, 0.25) is 0 Å². The Morgan fingerprint density at radius 3 is 2.42 bits per heavy atom. The SMILES string of the molecule is CC(Oc1ccc(Cl)cc1)C(=O)Nc1cc(S(C)(=O)=O)ccc1F. The van der Waals surface area contributed by atoms with E-state index in [1.165, 1.54) is 6.92 Å². The van der Waals surface area contributed by atoms with Gasteiger partial charge in [-0.05, 0) is 49.4 Å². The number of halogens is 2. The lowest BCUT2D eigenvalue weighted by Gasteiger charge is -2.15. The molecule has 24 heavy (non-hydrogen) atoms. The molecule has 1 unspecified atom stereocenters. The summed E-state index contributed by atoms with van der Waals surface area (Å²) in [7, 11) is -3.51. The fourth-order valence-electron chi connectivity index (χ4n) is 1.84. The Kier molecular flexibility index (Phi) is 5.46. The van der Waals surface area contributed by atoms with Crippen molar-refractivity contribution in [1.82, 2.24) is 0 Å². The highest BCUT2D eigenvalue weighted by Crippen LogP contribution is 2.21. The van der Waals surface area contributed by atoms with Gasteiger partial charge < -0.3 is 10.1 Å². The number of carbonyl (C=O) groups is 1. The standard InChI is InChI=1S/C16H15ClFNO4S/c1-10(23-12-5-3-11(17)4-6-12)16(20)19-15-9-13(24(2,21)22)7-8-14(15)18/h3-10H,1-2H3,(H,19,20). The molecule has 2 rings (SSSR count). The lowest BCUT2D eigenvalue weighted by Crippen LogP contribution is -2.30. The summed E-state index contributed by atoms with van der Waals surface area (Å²) in [5, 5.41) is 2.85. The van der Waals surface area contributed by atoms with Crippen LogP contribution in [0.3, 0.4) is 0 Å². The summed E-state index contributed by atoms with van der Waals surface area (Å²) in [6, 6.07) is 9.59. The molecule has 1 N–H and O–H groups in total.